The van der Waals surface area contributed by atoms with Gasteiger partial charge in [0.2, 0.25) is 0 Å². The number of carbonyl (C=O) groups is 1. The minimum atomic E-state index is -0.00783. The molecule has 1 aliphatic heterocycles. The first-order valence-electron chi connectivity index (χ1n) is 11.9. The van der Waals surface area contributed by atoms with Crippen molar-refractivity contribution in [2.45, 2.75) is 39.2 Å². The van der Waals surface area contributed by atoms with Crippen LogP contribution in [0.3, 0.4) is 0 Å². The quantitative estimate of drug-likeness (QED) is 0.323. The summed E-state index contributed by atoms with van der Waals surface area (Å²) in [5.74, 6) is 0.246. The van der Waals surface area contributed by atoms with E-state index in [1.165, 1.54) is 26.8 Å². The number of thiazole rings is 1. The summed E-state index contributed by atoms with van der Waals surface area (Å²) in [4.78, 5) is 21.0. The van der Waals surface area contributed by atoms with Gasteiger partial charge in [-0.1, -0.05) is 67.6 Å². The minimum absolute atomic E-state index is 0.00783. The van der Waals surface area contributed by atoms with Crippen LogP contribution in [-0.2, 0) is 17.6 Å². The van der Waals surface area contributed by atoms with Crippen LogP contribution >= 0.6 is 22.7 Å². The van der Waals surface area contributed by atoms with Crippen molar-refractivity contribution in [1.29, 1.82) is 0 Å². The third-order valence-corrected chi connectivity index (χ3v) is 9.03. The van der Waals surface area contributed by atoms with E-state index < -0.39 is 0 Å². The van der Waals surface area contributed by atoms with Crippen molar-refractivity contribution in [2.75, 3.05) is 24.7 Å². The molecule has 6 rings (SSSR count). The number of carbonyl (C=O) groups excluding carboxylic acids is 1. The van der Waals surface area contributed by atoms with E-state index in [4.69, 9.17) is 9.72 Å². The molecule has 34 heavy (non-hydrogen) atoms. The number of aromatic nitrogens is 1. The third kappa shape index (κ3) is 4.08. The van der Waals surface area contributed by atoms with Gasteiger partial charge in [-0.25, -0.2) is 4.98 Å². The lowest BCUT2D eigenvalue weighted by Gasteiger charge is -2.35. The first kappa shape index (κ1) is 22.0. The van der Waals surface area contributed by atoms with Gasteiger partial charge < -0.3 is 9.64 Å². The zero-order chi connectivity index (χ0) is 23.3. The van der Waals surface area contributed by atoms with Gasteiger partial charge in [0.1, 0.15) is 0 Å². The molecule has 1 saturated heterocycles. The highest BCUT2D eigenvalue weighted by Gasteiger charge is 2.36. The van der Waals surface area contributed by atoms with Gasteiger partial charge in [-0.15, -0.1) is 11.3 Å². The lowest BCUT2D eigenvalue weighted by Crippen LogP contribution is -2.46. The van der Waals surface area contributed by atoms with E-state index in [2.05, 4.69) is 72.7 Å². The van der Waals surface area contributed by atoms with E-state index in [0.717, 1.165) is 35.1 Å². The lowest BCUT2D eigenvalue weighted by atomic mass is 9.78. The number of anilines is 1. The van der Waals surface area contributed by atoms with Gasteiger partial charge in [0.05, 0.1) is 29.8 Å². The highest BCUT2D eigenvalue weighted by Crippen LogP contribution is 2.40. The second-order valence-electron chi connectivity index (χ2n) is 10.2. The van der Waals surface area contributed by atoms with Crippen molar-refractivity contribution in [3.8, 4) is 11.1 Å². The van der Waals surface area contributed by atoms with Crippen LogP contribution in [0.4, 0.5) is 5.13 Å². The maximum atomic E-state index is 12.7. The van der Waals surface area contributed by atoms with Gasteiger partial charge in [0.15, 0.2) is 10.9 Å². The van der Waals surface area contributed by atoms with Crippen molar-refractivity contribution in [1.82, 2.24) is 4.98 Å². The molecule has 6 heteroatoms. The second-order valence-corrected chi connectivity index (χ2v) is 12.1. The topological polar surface area (TPSA) is 42.4 Å². The molecule has 2 aromatic carbocycles. The van der Waals surface area contributed by atoms with Crippen LogP contribution in [-0.4, -0.2) is 36.6 Å². The Balaban J connectivity index is 1.28. The summed E-state index contributed by atoms with van der Waals surface area (Å²) in [6.45, 7) is 6.50. The largest absolute Gasteiger partial charge is 0.377 e. The number of nitrogens with zero attached hydrogens (tertiary/aromatic N) is 2. The molecule has 0 bridgehead atoms. The number of thiophene rings is 1. The molecule has 0 spiro atoms. The number of hydrogen-bond acceptors (Lipinski definition) is 6. The first-order chi connectivity index (χ1) is 16.5. The normalized spacial score (nSPS) is 20.0. The van der Waals surface area contributed by atoms with Crippen molar-refractivity contribution in [3.05, 3.63) is 70.0 Å². The lowest BCUT2D eigenvalue weighted by molar-refractivity contribution is 0.0915. The maximum Gasteiger partial charge on any atom is 0.186 e. The van der Waals surface area contributed by atoms with E-state index in [9.17, 15) is 4.79 Å². The number of Topliss-reactive ketones (excluding diaryl/α,β-unsaturated/α-hetero) is 1. The minimum Gasteiger partial charge on any atom is -0.377 e. The molecule has 4 aromatic rings. The van der Waals surface area contributed by atoms with Gasteiger partial charge in [-0.05, 0) is 40.8 Å². The molecule has 0 amide bonds. The SMILES string of the molecule is CC1(C)CC(=O)c2sc(N3CCOC[C@@H]3Cc3cccc(-c4csc5ccccc45)c3)nc2C1. The number of fused-ring (bicyclic) bond motifs is 2. The van der Waals surface area contributed by atoms with Crippen molar-refractivity contribution < 1.29 is 9.53 Å². The summed E-state index contributed by atoms with van der Waals surface area (Å²) in [6, 6.07) is 17.7. The number of ketones is 1. The van der Waals surface area contributed by atoms with Crippen LogP contribution in [0.15, 0.2) is 53.9 Å². The molecule has 4 nitrogen and oxygen atoms in total. The Morgan fingerprint density at radius 2 is 2.03 bits per heavy atom. The summed E-state index contributed by atoms with van der Waals surface area (Å²) in [7, 11) is 0. The Bertz CT molecular complexity index is 1370. The van der Waals surface area contributed by atoms with E-state index >= 15 is 0 Å². The number of rotatable bonds is 4. The zero-order valence-electron chi connectivity index (χ0n) is 19.5. The number of morpholine rings is 1. The number of benzene rings is 2. The molecule has 174 valence electrons. The van der Waals surface area contributed by atoms with Crippen LogP contribution in [0, 0.1) is 5.41 Å². The molecule has 1 atom stereocenters. The Kier molecular flexibility index (Phi) is 5.55. The van der Waals surface area contributed by atoms with E-state index in [-0.39, 0.29) is 17.2 Å². The van der Waals surface area contributed by atoms with Gasteiger partial charge in [-0.2, -0.15) is 0 Å². The van der Waals surface area contributed by atoms with Crippen LogP contribution in [0.2, 0.25) is 0 Å². The third-order valence-electron chi connectivity index (χ3n) is 6.89. The van der Waals surface area contributed by atoms with Crippen molar-refractivity contribution in [3.63, 3.8) is 0 Å². The smallest absolute Gasteiger partial charge is 0.186 e. The maximum absolute atomic E-state index is 12.7. The molecule has 1 aliphatic carbocycles. The summed E-state index contributed by atoms with van der Waals surface area (Å²) in [5.41, 5.74) is 4.83. The summed E-state index contributed by atoms with van der Waals surface area (Å²) < 4.78 is 7.21. The molecule has 0 radical (unpaired) electrons. The molecule has 0 unspecified atom stereocenters. The zero-order valence-corrected chi connectivity index (χ0v) is 21.2. The molecule has 0 N–H and O–H groups in total. The van der Waals surface area contributed by atoms with E-state index in [0.29, 0.717) is 19.6 Å². The Morgan fingerprint density at radius 1 is 1.15 bits per heavy atom. The summed E-state index contributed by atoms with van der Waals surface area (Å²) in [6.07, 6.45) is 2.37. The average molecular weight is 489 g/mol. The molecule has 0 saturated carbocycles. The standard InChI is InChI=1S/C28H28N2O2S2/c1-28(2)14-23-26(24(31)15-28)34-27(29-23)30-10-11-32-16-20(30)13-18-6-5-7-19(12-18)22-17-33-25-9-4-3-8-21(22)25/h3-9,12,17,20H,10-11,13-16H2,1-2H3/t20-/m0/s1. The van der Waals surface area contributed by atoms with Gasteiger partial charge in [-0.3, -0.25) is 4.79 Å². The predicted octanol–water partition coefficient (Wildman–Crippen LogP) is 6.63. The van der Waals surface area contributed by atoms with Crippen molar-refractivity contribution >= 4 is 43.7 Å². The van der Waals surface area contributed by atoms with E-state index in [1.54, 1.807) is 22.7 Å². The molecular weight excluding hydrogens is 460 g/mol. The fraction of sp³-hybridized carbons (Fsp3) is 0.357. The summed E-state index contributed by atoms with van der Waals surface area (Å²) in [5, 5.41) is 4.55. The van der Waals surface area contributed by atoms with Crippen LogP contribution in [0.25, 0.3) is 21.2 Å². The number of hydrogen-bond donors (Lipinski definition) is 0. The van der Waals surface area contributed by atoms with Gasteiger partial charge in [0, 0.05) is 28.6 Å². The van der Waals surface area contributed by atoms with Gasteiger partial charge >= 0.3 is 0 Å². The van der Waals surface area contributed by atoms with Crippen LogP contribution in [0.1, 0.15) is 41.2 Å². The highest BCUT2D eigenvalue weighted by molar-refractivity contribution is 7.18. The first-order valence-corrected chi connectivity index (χ1v) is 13.6. The summed E-state index contributed by atoms with van der Waals surface area (Å²) >= 11 is 3.38. The van der Waals surface area contributed by atoms with Crippen LogP contribution in [0.5, 0.6) is 0 Å². The average Bonchev–Trinajstić information content (AvgIpc) is 3.43. The fourth-order valence-corrected chi connectivity index (χ4v) is 7.33. The fourth-order valence-electron chi connectivity index (χ4n) is 5.25. The molecule has 3 heterocycles. The molecule has 1 fully saturated rings. The van der Waals surface area contributed by atoms with Gasteiger partial charge in [0.25, 0.3) is 0 Å². The second kappa shape index (κ2) is 8.59. The molecule has 2 aromatic heterocycles. The molecular formula is C28H28N2O2S2. The Hall–Kier alpha value is -2.54. The highest BCUT2D eigenvalue weighted by atomic mass is 32.1. The van der Waals surface area contributed by atoms with E-state index in [1.807, 2.05) is 0 Å². The monoisotopic (exact) mass is 488 g/mol. The Labute approximate surface area is 208 Å². The molecule has 2 aliphatic rings. The predicted molar refractivity (Wildman–Crippen MR) is 141 cm³/mol. The van der Waals surface area contributed by atoms with Crippen molar-refractivity contribution in [2.24, 2.45) is 5.41 Å². The Morgan fingerprint density at radius 3 is 2.94 bits per heavy atom. The van der Waals surface area contributed by atoms with Crippen LogP contribution < -0.4 is 4.90 Å². The number of ether oxygens (including phenoxy) is 1.